The van der Waals surface area contributed by atoms with Crippen molar-refractivity contribution < 1.29 is 34.4 Å². The molecule has 0 unspecified atom stereocenters. The molecule has 0 N–H and O–H groups in total. The van der Waals surface area contributed by atoms with Gasteiger partial charge in [0, 0.05) is 0 Å². The van der Waals surface area contributed by atoms with E-state index in [-0.39, 0.29) is 11.7 Å². The molecule has 1 saturated heterocycles. The van der Waals surface area contributed by atoms with Crippen molar-refractivity contribution in [1.29, 1.82) is 0 Å². The van der Waals surface area contributed by atoms with E-state index in [0.717, 1.165) is 63.9 Å². The molecule has 0 saturated carbocycles. The van der Waals surface area contributed by atoms with Gasteiger partial charge in [-0.1, -0.05) is 12.1 Å². The fourth-order valence-electron chi connectivity index (χ4n) is 5.57. The zero-order chi connectivity index (χ0) is 25.5. The van der Waals surface area contributed by atoms with Crippen LogP contribution in [0, 0.1) is 15.3 Å². The van der Waals surface area contributed by atoms with E-state index >= 15 is 0 Å². The van der Waals surface area contributed by atoms with E-state index in [9.17, 15) is 13.2 Å². The van der Waals surface area contributed by atoms with Gasteiger partial charge in [-0.3, -0.25) is 0 Å². The van der Waals surface area contributed by atoms with Crippen LogP contribution in [0.5, 0.6) is 0 Å². The second kappa shape index (κ2) is 10.1. The Labute approximate surface area is 224 Å². The minimum atomic E-state index is -2.54. The summed E-state index contributed by atoms with van der Waals surface area (Å²) in [6.07, 6.45) is 1.72. The molecule has 1 aromatic heterocycles. The fraction of sp³-hybridized carbons (Fsp3) is 0.276. The van der Waals surface area contributed by atoms with Crippen molar-refractivity contribution in [3.8, 4) is 11.3 Å². The summed E-state index contributed by atoms with van der Waals surface area (Å²) in [6.45, 7) is -0.0716. The van der Waals surface area contributed by atoms with E-state index in [0.29, 0.717) is 5.69 Å². The summed E-state index contributed by atoms with van der Waals surface area (Å²) >= 11 is -0.404. The fourth-order valence-corrected chi connectivity index (χ4v) is 8.21. The molecule has 2 aliphatic heterocycles. The Kier molecular flexibility index (Phi) is 6.71. The van der Waals surface area contributed by atoms with Gasteiger partial charge in [0.15, 0.2) is 0 Å². The molecular weight excluding hydrogens is 588 g/mol. The Balaban J connectivity index is 1.20. The Bertz CT molecular complexity index is 1470. The zero-order valence-corrected chi connectivity index (χ0v) is 22.6. The summed E-state index contributed by atoms with van der Waals surface area (Å²) in [6, 6.07) is 20.3. The second-order valence-corrected chi connectivity index (χ2v) is 12.0. The molecule has 37 heavy (non-hydrogen) atoms. The summed E-state index contributed by atoms with van der Waals surface area (Å²) in [5.41, 5.74) is 5.25. The number of aryl methyl sites for hydroxylation is 1. The van der Waals surface area contributed by atoms with E-state index in [1.165, 1.54) is 22.6 Å². The zero-order valence-electron chi connectivity index (χ0n) is 20.4. The first-order valence-corrected chi connectivity index (χ1v) is 14.7. The van der Waals surface area contributed by atoms with E-state index in [4.69, 9.17) is 5.10 Å². The van der Waals surface area contributed by atoms with Crippen molar-refractivity contribution in [3.05, 3.63) is 91.5 Å². The number of hydrogen-bond acceptors (Lipinski definition) is 3. The van der Waals surface area contributed by atoms with Crippen LogP contribution in [0.1, 0.15) is 18.4 Å². The predicted octanol–water partition coefficient (Wildman–Crippen LogP) is 3.43. The molecule has 0 amide bonds. The van der Waals surface area contributed by atoms with Gasteiger partial charge in [0.1, 0.15) is 5.82 Å². The van der Waals surface area contributed by atoms with Gasteiger partial charge in [-0.25, -0.2) is 4.39 Å². The van der Waals surface area contributed by atoms with Crippen LogP contribution in [0.4, 0.5) is 18.9 Å². The number of allylic oxidation sites excluding steroid dienone is 1. The van der Waals surface area contributed by atoms with Crippen LogP contribution in [0.3, 0.4) is 0 Å². The van der Waals surface area contributed by atoms with Gasteiger partial charge in [0.05, 0.1) is 0 Å². The Morgan fingerprint density at radius 2 is 1.78 bits per heavy atom. The quantitative estimate of drug-likeness (QED) is 0.254. The summed E-state index contributed by atoms with van der Waals surface area (Å²) < 4.78 is 47.2. The molecule has 3 heterocycles. The molecular formula is C29H27F3IN4-. The Morgan fingerprint density at radius 1 is 1.00 bits per heavy atom. The topological polar surface area (TPSA) is 24.3 Å². The molecule has 192 valence electrons. The first-order valence-electron chi connectivity index (χ1n) is 12.4. The molecule has 4 aromatic rings. The number of aromatic nitrogens is 2. The van der Waals surface area contributed by atoms with Crippen molar-refractivity contribution in [2.24, 2.45) is 13.0 Å². The monoisotopic (exact) mass is 615 g/mol. The molecule has 3 aromatic carbocycles. The van der Waals surface area contributed by atoms with Crippen molar-refractivity contribution >= 4 is 16.6 Å². The number of anilines is 1. The summed E-state index contributed by atoms with van der Waals surface area (Å²) in [5.74, 6) is -0.134. The van der Waals surface area contributed by atoms with Crippen LogP contribution in [0.15, 0.2) is 76.5 Å². The Hall–Kier alpha value is -2.85. The van der Waals surface area contributed by atoms with Crippen molar-refractivity contribution in [2.45, 2.75) is 25.9 Å². The average Bonchev–Trinajstić information content (AvgIpc) is 3.25. The molecule has 0 aliphatic carbocycles. The number of hydrogen-bond donors (Lipinski definition) is 0. The molecule has 1 fully saturated rings. The third-order valence-electron chi connectivity index (χ3n) is 7.32. The number of benzene rings is 3. The van der Waals surface area contributed by atoms with Crippen LogP contribution in [0.25, 0.3) is 22.2 Å². The van der Waals surface area contributed by atoms with E-state index < -0.39 is 27.8 Å². The van der Waals surface area contributed by atoms with Gasteiger partial charge >= 0.3 is 191 Å². The van der Waals surface area contributed by atoms with E-state index in [2.05, 4.69) is 15.0 Å². The molecule has 0 bridgehead atoms. The number of nitrogens with zero attached hydrogens (tertiary/aromatic N) is 4. The number of piperidine rings is 1. The van der Waals surface area contributed by atoms with E-state index in [1.54, 1.807) is 6.07 Å². The van der Waals surface area contributed by atoms with Crippen LogP contribution in [0.2, 0.25) is 0 Å². The SMILES string of the molecule is Cn1nc(-c2cccc(F)c2)c2cccc(CN3CCC(C4=C[I-]c5ccccc5N4C(F)F)CC3)c21. The molecule has 2 aliphatic rings. The summed E-state index contributed by atoms with van der Waals surface area (Å²) in [7, 11) is 1.93. The molecule has 0 atom stereocenters. The predicted molar refractivity (Wildman–Crippen MR) is 136 cm³/mol. The van der Waals surface area contributed by atoms with Crippen molar-refractivity contribution in [2.75, 3.05) is 18.0 Å². The number of alkyl halides is 2. The van der Waals surface area contributed by atoms with Gasteiger partial charge in [-0.2, -0.15) is 0 Å². The van der Waals surface area contributed by atoms with Crippen molar-refractivity contribution in [3.63, 3.8) is 0 Å². The minimum absolute atomic E-state index is 0.144. The first-order chi connectivity index (χ1) is 18.0. The number of para-hydroxylation sites is 2. The first kappa shape index (κ1) is 24.5. The van der Waals surface area contributed by atoms with Crippen LogP contribution >= 0.6 is 0 Å². The van der Waals surface area contributed by atoms with Gasteiger partial charge in [0.25, 0.3) is 0 Å². The molecule has 6 rings (SSSR count). The van der Waals surface area contributed by atoms with Crippen molar-refractivity contribution in [1.82, 2.24) is 14.7 Å². The number of rotatable bonds is 5. The maximum atomic E-state index is 14.2. The number of likely N-dealkylation sites (tertiary alicyclic amines) is 1. The third kappa shape index (κ3) is 4.65. The van der Waals surface area contributed by atoms with Gasteiger partial charge in [-0.05, 0) is 12.1 Å². The molecule has 8 heteroatoms. The average molecular weight is 615 g/mol. The van der Waals surface area contributed by atoms with Gasteiger partial charge in [0.2, 0.25) is 0 Å². The second-order valence-electron chi connectivity index (χ2n) is 9.59. The number of fused-ring (bicyclic) bond motifs is 2. The van der Waals surface area contributed by atoms with Crippen LogP contribution in [-0.2, 0) is 13.6 Å². The standard InChI is InChI=1S/C29H27F3IN4/c1-35-28-21(7-5-9-23(28)27(34-35)20-6-4-8-22(30)16-20)18-36-14-12-19(13-15-36)26-17-33-24-10-2-3-11-25(24)37(26)29(31)32/h2-11,16-17,19,29H,12-15,18H2,1H3/q-1. The van der Waals surface area contributed by atoms with Gasteiger partial charge < -0.3 is 0 Å². The normalized spacial score (nSPS) is 17.1. The van der Waals surface area contributed by atoms with Gasteiger partial charge in [-0.15, -0.1) is 0 Å². The van der Waals surface area contributed by atoms with E-state index in [1.807, 2.05) is 54.2 Å². The third-order valence-corrected chi connectivity index (χ3v) is 9.85. The van der Waals surface area contributed by atoms with Crippen LogP contribution in [-0.4, -0.2) is 34.3 Å². The maximum absolute atomic E-state index is 14.2. The molecule has 0 spiro atoms. The van der Waals surface area contributed by atoms with Crippen LogP contribution < -0.4 is 26.1 Å². The Morgan fingerprint density at radius 3 is 2.57 bits per heavy atom. The number of halogens is 4. The summed E-state index contributed by atoms with van der Waals surface area (Å²) in [4.78, 5) is 3.67. The summed E-state index contributed by atoms with van der Waals surface area (Å²) in [5, 5.41) is 5.72. The molecule has 4 nitrogen and oxygen atoms in total. The molecule has 0 radical (unpaired) electrons.